The first-order chi connectivity index (χ1) is 8.58. The van der Waals surface area contributed by atoms with E-state index in [1.807, 2.05) is 12.3 Å². The lowest BCUT2D eigenvalue weighted by molar-refractivity contribution is 0.871. The maximum Gasteiger partial charge on any atom is 0.141 e. The predicted molar refractivity (Wildman–Crippen MR) is 79.9 cm³/mol. The Labute approximate surface area is 117 Å². The van der Waals surface area contributed by atoms with E-state index in [2.05, 4.69) is 71.3 Å². The van der Waals surface area contributed by atoms with Gasteiger partial charge in [-0.2, -0.15) is 0 Å². The molecule has 1 N–H and O–H groups in total. The van der Waals surface area contributed by atoms with Gasteiger partial charge in [0.2, 0.25) is 0 Å². The molecule has 2 rings (SSSR count). The molecule has 0 aliphatic carbocycles. The molecule has 1 unspecified atom stereocenters. The number of halogens is 1. The van der Waals surface area contributed by atoms with Crippen molar-refractivity contribution in [3.63, 3.8) is 0 Å². The van der Waals surface area contributed by atoms with Crippen molar-refractivity contribution in [2.24, 2.45) is 0 Å². The van der Waals surface area contributed by atoms with Gasteiger partial charge in [0.15, 0.2) is 0 Å². The molecular formula is C15H17BrN2. The fourth-order valence-electron chi connectivity index (χ4n) is 1.78. The molecule has 1 atom stereocenters. The molecule has 1 aromatic carbocycles. The zero-order valence-corrected chi connectivity index (χ0v) is 12.5. The molecule has 2 aromatic rings. The lowest BCUT2D eigenvalue weighted by Gasteiger charge is -2.16. The smallest absolute Gasteiger partial charge is 0.141 e. The average molecular weight is 305 g/mol. The van der Waals surface area contributed by atoms with Gasteiger partial charge in [0.25, 0.3) is 0 Å². The van der Waals surface area contributed by atoms with E-state index >= 15 is 0 Å². The zero-order chi connectivity index (χ0) is 13.1. The first kappa shape index (κ1) is 13.1. The van der Waals surface area contributed by atoms with Crippen molar-refractivity contribution in [2.45, 2.75) is 26.8 Å². The fourth-order valence-corrected chi connectivity index (χ4v) is 2.13. The number of nitrogens with one attached hydrogen (secondary N) is 1. The molecule has 18 heavy (non-hydrogen) atoms. The second-order valence-corrected chi connectivity index (χ2v) is 5.36. The largest absolute Gasteiger partial charge is 0.363 e. The third-order valence-electron chi connectivity index (χ3n) is 3.01. The van der Waals surface area contributed by atoms with Crippen LogP contribution >= 0.6 is 15.9 Å². The van der Waals surface area contributed by atoms with Crippen LogP contribution in [0, 0.1) is 13.8 Å². The summed E-state index contributed by atoms with van der Waals surface area (Å²) in [6, 6.07) is 10.8. The summed E-state index contributed by atoms with van der Waals surface area (Å²) < 4.78 is 1.03. The Morgan fingerprint density at radius 3 is 2.44 bits per heavy atom. The Bertz CT molecular complexity index is 535. The van der Waals surface area contributed by atoms with Crippen molar-refractivity contribution < 1.29 is 0 Å². The van der Waals surface area contributed by atoms with E-state index in [4.69, 9.17) is 0 Å². The predicted octanol–water partition coefficient (Wildman–Crippen LogP) is 4.63. The second kappa shape index (κ2) is 5.53. The van der Waals surface area contributed by atoms with Crippen molar-refractivity contribution in [1.82, 2.24) is 4.98 Å². The molecule has 2 nitrogen and oxygen atoms in total. The molecule has 0 spiro atoms. The minimum absolute atomic E-state index is 0.233. The molecule has 0 aliphatic heterocycles. The fraction of sp³-hybridized carbons (Fsp3) is 0.267. The first-order valence-corrected chi connectivity index (χ1v) is 6.81. The zero-order valence-electron chi connectivity index (χ0n) is 10.9. The van der Waals surface area contributed by atoms with Crippen LogP contribution < -0.4 is 5.32 Å². The molecule has 0 saturated carbocycles. The van der Waals surface area contributed by atoms with Crippen molar-refractivity contribution in [2.75, 3.05) is 5.32 Å². The normalized spacial score (nSPS) is 12.2. The summed E-state index contributed by atoms with van der Waals surface area (Å²) in [7, 11) is 0. The van der Waals surface area contributed by atoms with Gasteiger partial charge in [-0.3, -0.25) is 0 Å². The number of aromatic nitrogens is 1. The molecule has 1 aromatic heterocycles. The number of nitrogens with zero attached hydrogens (tertiary/aromatic N) is 1. The molecule has 0 fully saturated rings. The minimum atomic E-state index is 0.233. The van der Waals surface area contributed by atoms with Crippen LogP contribution in [-0.2, 0) is 0 Å². The first-order valence-electron chi connectivity index (χ1n) is 6.02. The van der Waals surface area contributed by atoms with Crippen molar-refractivity contribution >= 4 is 21.7 Å². The Kier molecular flexibility index (Phi) is 4.02. The molecule has 3 heteroatoms. The highest BCUT2D eigenvalue weighted by atomic mass is 79.9. The number of rotatable bonds is 3. The Morgan fingerprint density at radius 2 is 1.78 bits per heavy atom. The molecule has 0 bridgehead atoms. The number of hydrogen-bond acceptors (Lipinski definition) is 2. The molecule has 0 amide bonds. The number of benzene rings is 1. The maximum absolute atomic E-state index is 4.36. The van der Waals surface area contributed by atoms with E-state index in [0.29, 0.717) is 0 Å². The number of hydrogen-bond donors (Lipinski definition) is 1. The number of anilines is 1. The third kappa shape index (κ3) is 2.91. The molecule has 94 valence electrons. The highest BCUT2D eigenvalue weighted by molar-refractivity contribution is 9.10. The summed E-state index contributed by atoms with van der Waals surface area (Å²) in [5.74, 6) is 0.892. The van der Waals surface area contributed by atoms with E-state index in [1.54, 1.807) is 0 Å². The van der Waals surface area contributed by atoms with Crippen LogP contribution in [0.5, 0.6) is 0 Å². The van der Waals surface area contributed by atoms with Crippen LogP contribution in [0.1, 0.15) is 29.7 Å². The van der Waals surface area contributed by atoms with Gasteiger partial charge in [-0.1, -0.05) is 29.8 Å². The molecule has 1 heterocycles. The van der Waals surface area contributed by atoms with Gasteiger partial charge < -0.3 is 5.32 Å². The Balaban J connectivity index is 2.18. The van der Waals surface area contributed by atoms with Crippen LogP contribution in [0.3, 0.4) is 0 Å². The van der Waals surface area contributed by atoms with Gasteiger partial charge in [0.05, 0.1) is 4.47 Å². The average Bonchev–Trinajstić information content (AvgIpc) is 2.36. The van der Waals surface area contributed by atoms with Gasteiger partial charge in [-0.05, 0) is 53.9 Å². The topological polar surface area (TPSA) is 24.9 Å². The van der Waals surface area contributed by atoms with Crippen LogP contribution in [0.2, 0.25) is 0 Å². The number of pyridine rings is 1. The van der Waals surface area contributed by atoms with Crippen molar-refractivity contribution in [1.29, 1.82) is 0 Å². The van der Waals surface area contributed by atoms with E-state index in [9.17, 15) is 0 Å². The highest BCUT2D eigenvalue weighted by Gasteiger charge is 2.09. The molecular weight excluding hydrogens is 288 g/mol. The van der Waals surface area contributed by atoms with Gasteiger partial charge in [-0.25, -0.2) is 4.98 Å². The Hall–Kier alpha value is -1.35. The standard InChI is InChI=1S/C15H17BrN2/c1-10-4-6-13(7-5-10)12(3)18-15-14(16)11(2)8-9-17-15/h4-9,12H,1-3H3,(H,17,18). The summed E-state index contributed by atoms with van der Waals surface area (Å²) in [5, 5.41) is 3.43. The number of aryl methyl sites for hydroxylation is 2. The van der Waals surface area contributed by atoms with Crippen LogP contribution in [0.15, 0.2) is 41.0 Å². The van der Waals surface area contributed by atoms with Gasteiger partial charge >= 0.3 is 0 Å². The lowest BCUT2D eigenvalue weighted by atomic mass is 10.1. The van der Waals surface area contributed by atoms with Crippen molar-refractivity contribution in [3.8, 4) is 0 Å². The summed E-state index contributed by atoms with van der Waals surface area (Å²) in [5.41, 5.74) is 3.72. The van der Waals surface area contributed by atoms with Gasteiger partial charge in [0.1, 0.15) is 5.82 Å². The van der Waals surface area contributed by atoms with Crippen LogP contribution in [-0.4, -0.2) is 4.98 Å². The van der Waals surface area contributed by atoms with Crippen LogP contribution in [0.25, 0.3) is 0 Å². The van der Waals surface area contributed by atoms with E-state index in [1.165, 1.54) is 16.7 Å². The monoisotopic (exact) mass is 304 g/mol. The lowest BCUT2D eigenvalue weighted by Crippen LogP contribution is -2.08. The highest BCUT2D eigenvalue weighted by Crippen LogP contribution is 2.27. The SMILES string of the molecule is Cc1ccc(C(C)Nc2nccc(C)c2Br)cc1. The summed E-state index contributed by atoms with van der Waals surface area (Å²) >= 11 is 3.57. The third-order valence-corrected chi connectivity index (χ3v) is 4.01. The summed E-state index contributed by atoms with van der Waals surface area (Å²) in [4.78, 5) is 4.36. The molecule has 0 saturated heterocycles. The summed E-state index contributed by atoms with van der Waals surface area (Å²) in [6.07, 6.45) is 1.82. The van der Waals surface area contributed by atoms with Crippen LogP contribution in [0.4, 0.5) is 5.82 Å². The van der Waals surface area contributed by atoms with E-state index < -0.39 is 0 Å². The molecule has 0 radical (unpaired) electrons. The summed E-state index contributed by atoms with van der Waals surface area (Å²) in [6.45, 7) is 6.30. The van der Waals surface area contributed by atoms with E-state index in [0.717, 1.165) is 10.3 Å². The van der Waals surface area contributed by atoms with E-state index in [-0.39, 0.29) is 6.04 Å². The minimum Gasteiger partial charge on any atom is -0.363 e. The Morgan fingerprint density at radius 1 is 1.11 bits per heavy atom. The van der Waals surface area contributed by atoms with Gasteiger partial charge in [0, 0.05) is 12.2 Å². The molecule has 0 aliphatic rings. The quantitative estimate of drug-likeness (QED) is 0.894. The van der Waals surface area contributed by atoms with Gasteiger partial charge in [-0.15, -0.1) is 0 Å². The van der Waals surface area contributed by atoms with Crippen molar-refractivity contribution in [3.05, 3.63) is 57.7 Å². The maximum atomic E-state index is 4.36. The second-order valence-electron chi connectivity index (χ2n) is 4.57.